The molecule has 2 N–H and O–H groups in total. The Hall–Kier alpha value is -2.98. The number of rotatable bonds is 5. The second kappa shape index (κ2) is 9.58. The van der Waals surface area contributed by atoms with Gasteiger partial charge in [-0.05, 0) is 105 Å². The van der Waals surface area contributed by atoms with E-state index < -0.39 is 5.60 Å². The predicted molar refractivity (Wildman–Crippen MR) is 141 cm³/mol. The molecule has 3 aromatic rings. The fourth-order valence-corrected chi connectivity index (χ4v) is 6.54. The van der Waals surface area contributed by atoms with E-state index in [9.17, 15) is 9.90 Å². The molecule has 0 saturated heterocycles. The smallest absolute Gasteiger partial charge is 0.255 e. The summed E-state index contributed by atoms with van der Waals surface area (Å²) in [6, 6.07) is 20.8. The second-order valence-corrected chi connectivity index (χ2v) is 10.7. The molecule has 1 saturated carbocycles. The Balaban J connectivity index is 1.52. The lowest BCUT2D eigenvalue weighted by Crippen LogP contribution is -2.48. The van der Waals surface area contributed by atoms with Crippen LogP contribution in [0.15, 0.2) is 66.9 Å². The lowest BCUT2D eigenvalue weighted by Gasteiger charge is -2.50. The molecule has 3 atom stereocenters. The van der Waals surface area contributed by atoms with E-state index >= 15 is 0 Å². The number of pyridine rings is 1. The minimum Gasteiger partial charge on any atom is -0.390 e. The fraction of sp³-hybridized carbons (Fsp3) is 0.419. The van der Waals surface area contributed by atoms with Crippen LogP contribution in [-0.4, -0.2) is 21.6 Å². The number of aromatic nitrogens is 1. The molecule has 2 aliphatic carbocycles. The normalized spacial score (nSPS) is 25.7. The summed E-state index contributed by atoms with van der Waals surface area (Å²) in [7, 11) is 0. The summed E-state index contributed by atoms with van der Waals surface area (Å²) in [6.07, 6.45) is 9.36. The van der Waals surface area contributed by atoms with Gasteiger partial charge in [0, 0.05) is 17.2 Å². The van der Waals surface area contributed by atoms with Gasteiger partial charge in [0.25, 0.3) is 5.91 Å². The number of hydrogen-bond acceptors (Lipinski definition) is 3. The zero-order chi connectivity index (χ0) is 24.5. The monoisotopic (exact) mass is 468 g/mol. The average Bonchev–Trinajstić information content (AvgIpc) is 3.02. The van der Waals surface area contributed by atoms with E-state index in [0.29, 0.717) is 11.5 Å². The molecule has 35 heavy (non-hydrogen) atoms. The maximum Gasteiger partial charge on any atom is 0.255 e. The van der Waals surface area contributed by atoms with E-state index in [0.717, 1.165) is 62.7 Å². The van der Waals surface area contributed by atoms with Crippen molar-refractivity contribution in [2.24, 2.45) is 5.92 Å². The van der Waals surface area contributed by atoms with Crippen molar-refractivity contribution in [1.82, 2.24) is 4.98 Å². The summed E-state index contributed by atoms with van der Waals surface area (Å²) in [4.78, 5) is 17.4. The number of nitrogens with one attached hydrogen (secondary N) is 1. The molecule has 1 heterocycles. The Morgan fingerprint density at radius 2 is 1.94 bits per heavy atom. The molecule has 5 rings (SSSR count). The first kappa shape index (κ1) is 23.7. The third kappa shape index (κ3) is 4.64. The highest BCUT2D eigenvalue weighted by molar-refractivity contribution is 6.04. The van der Waals surface area contributed by atoms with Crippen LogP contribution in [0, 0.1) is 12.8 Å². The lowest BCUT2D eigenvalue weighted by molar-refractivity contribution is -0.0497. The molecule has 0 spiro atoms. The van der Waals surface area contributed by atoms with E-state index in [-0.39, 0.29) is 11.3 Å². The number of amides is 1. The van der Waals surface area contributed by atoms with Crippen LogP contribution in [0.25, 0.3) is 0 Å². The van der Waals surface area contributed by atoms with Crippen LogP contribution in [0.4, 0.5) is 5.69 Å². The van der Waals surface area contributed by atoms with Gasteiger partial charge in [-0.3, -0.25) is 9.78 Å². The topological polar surface area (TPSA) is 62.2 Å². The molecule has 1 amide bonds. The number of fused-ring (bicyclic) bond motifs is 3. The molecule has 0 bridgehead atoms. The van der Waals surface area contributed by atoms with E-state index in [1.54, 1.807) is 6.20 Å². The van der Waals surface area contributed by atoms with Crippen LogP contribution in [0.5, 0.6) is 0 Å². The maximum atomic E-state index is 13.1. The number of aryl methyl sites for hydroxylation is 2. The van der Waals surface area contributed by atoms with Gasteiger partial charge in [0.05, 0.1) is 17.0 Å². The molecular weight excluding hydrogens is 432 g/mol. The summed E-state index contributed by atoms with van der Waals surface area (Å²) in [5.74, 6) is 0.339. The van der Waals surface area contributed by atoms with Gasteiger partial charge in [-0.1, -0.05) is 43.3 Å². The van der Waals surface area contributed by atoms with Crippen LogP contribution in [-0.2, 0) is 18.3 Å². The highest BCUT2D eigenvalue weighted by Gasteiger charge is 2.50. The van der Waals surface area contributed by atoms with Crippen LogP contribution in [0.2, 0.25) is 0 Å². The summed E-state index contributed by atoms with van der Waals surface area (Å²) in [5, 5.41) is 14.3. The number of anilines is 1. The highest BCUT2D eigenvalue weighted by Crippen LogP contribution is 2.54. The summed E-state index contributed by atoms with van der Waals surface area (Å²) in [6.45, 7) is 4.02. The van der Waals surface area contributed by atoms with Gasteiger partial charge in [0.15, 0.2) is 0 Å². The Labute approximate surface area is 208 Å². The average molecular weight is 469 g/mol. The van der Waals surface area contributed by atoms with Crippen LogP contribution in [0.3, 0.4) is 0 Å². The summed E-state index contributed by atoms with van der Waals surface area (Å²) >= 11 is 0. The van der Waals surface area contributed by atoms with Gasteiger partial charge in [0.2, 0.25) is 0 Å². The molecule has 182 valence electrons. The zero-order valence-corrected chi connectivity index (χ0v) is 20.9. The minimum absolute atomic E-state index is 0.0104. The Bertz CT molecular complexity index is 1210. The predicted octanol–water partition coefficient (Wildman–Crippen LogP) is 6.40. The van der Waals surface area contributed by atoms with Gasteiger partial charge in [-0.15, -0.1) is 0 Å². The lowest BCUT2D eigenvalue weighted by atomic mass is 9.55. The maximum absolute atomic E-state index is 13.1. The summed E-state index contributed by atoms with van der Waals surface area (Å²) in [5.41, 5.74) is 5.71. The minimum atomic E-state index is -0.559. The third-order valence-electron chi connectivity index (χ3n) is 8.62. The molecule has 4 heteroatoms. The standard InChI is InChI=1S/C31H36N2O2/c1-3-30(35)16-17-31(20-23-9-5-4-6-10-23)26(21-30)12-7-11-24-19-25(14-15-27(24)31)29(34)33-28-13-8-18-32-22(28)2/h4-6,8-10,13-15,18-19,26,35H,3,7,11-12,16-17,20-21H2,1-2H3,(H,33,34)/t26-,30-,31-/m0/s1. The van der Waals surface area contributed by atoms with Gasteiger partial charge in [-0.25, -0.2) is 0 Å². The molecular formula is C31H36N2O2. The zero-order valence-electron chi connectivity index (χ0n) is 20.9. The number of benzene rings is 2. The van der Waals surface area contributed by atoms with Crippen molar-refractivity contribution in [3.8, 4) is 0 Å². The van der Waals surface area contributed by atoms with Crippen molar-refractivity contribution in [2.75, 3.05) is 5.32 Å². The largest absolute Gasteiger partial charge is 0.390 e. The Morgan fingerprint density at radius 1 is 1.11 bits per heavy atom. The molecule has 0 radical (unpaired) electrons. The van der Waals surface area contributed by atoms with Crippen molar-refractivity contribution in [3.63, 3.8) is 0 Å². The fourth-order valence-electron chi connectivity index (χ4n) is 6.54. The molecule has 1 fully saturated rings. The van der Waals surface area contributed by atoms with Crippen molar-refractivity contribution < 1.29 is 9.90 Å². The van der Waals surface area contributed by atoms with Gasteiger partial charge < -0.3 is 10.4 Å². The van der Waals surface area contributed by atoms with E-state index in [1.807, 2.05) is 25.1 Å². The first-order valence-electron chi connectivity index (χ1n) is 13.1. The number of carbonyl (C=O) groups is 1. The Morgan fingerprint density at radius 3 is 2.71 bits per heavy atom. The number of aliphatic hydroxyl groups is 1. The molecule has 1 aromatic heterocycles. The number of carbonyl (C=O) groups excluding carboxylic acids is 1. The molecule has 0 unspecified atom stereocenters. The van der Waals surface area contributed by atoms with Gasteiger partial charge in [0.1, 0.15) is 0 Å². The van der Waals surface area contributed by atoms with Crippen molar-refractivity contribution >= 4 is 11.6 Å². The highest BCUT2D eigenvalue weighted by atomic mass is 16.3. The first-order valence-corrected chi connectivity index (χ1v) is 13.1. The van der Waals surface area contributed by atoms with Gasteiger partial charge in [-0.2, -0.15) is 0 Å². The van der Waals surface area contributed by atoms with E-state index in [2.05, 4.69) is 59.7 Å². The quantitative estimate of drug-likeness (QED) is 0.455. The molecule has 2 aliphatic rings. The molecule has 0 aliphatic heterocycles. The Kier molecular flexibility index (Phi) is 6.50. The SMILES string of the molecule is CC[C@]1(O)CC[C@@]2(Cc3ccccc3)c3ccc(C(=O)Nc4cccnc4C)cc3CCC[C@H]2C1. The van der Waals surface area contributed by atoms with Crippen LogP contribution < -0.4 is 5.32 Å². The third-order valence-corrected chi connectivity index (χ3v) is 8.62. The second-order valence-electron chi connectivity index (χ2n) is 10.7. The molecule has 4 nitrogen and oxygen atoms in total. The number of hydrogen-bond donors (Lipinski definition) is 2. The van der Waals surface area contributed by atoms with Gasteiger partial charge >= 0.3 is 0 Å². The summed E-state index contributed by atoms with van der Waals surface area (Å²) < 4.78 is 0. The number of nitrogens with zero attached hydrogens (tertiary/aromatic N) is 1. The van der Waals surface area contributed by atoms with Crippen LogP contribution >= 0.6 is 0 Å². The van der Waals surface area contributed by atoms with Crippen molar-refractivity contribution in [3.05, 3.63) is 94.8 Å². The first-order chi connectivity index (χ1) is 16.9. The van der Waals surface area contributed by atoms with Crippen molar-refractivity contribution in [2.45, 2.75) is 76.2 Å². The van der Waals surface area contributed by atoms with E-state index in [4.69, 9.17) is 0 Å². The van der Waals surface area contributed by atoms with Crippen molar-refractivity contribution in [1.29, 1.82) is 0 Å². The van der Waals surface area contributed by atoms with E-state index in [1.165, 1.54) is 16.7 Å². The van der Waals surface area contributed by atoms with Crippen LogP contribution in [0.1, 0.15) is 78.2 Å². The molecule has 2 aromatic carbocycles.